The molecule has 0 saturated heterocycles. The molecule has 0 saturated carbocycles. The SMILES string of the molecule is COc1ccc(/C=C(\C)C(=O)Nc2ccc(O)cc2)cc1OC. The Morgan fingerprint density at radius 2 is 1.70 bits per heavy atom. The number of hydrogen-bond acceptors (Lipinski definition) is 4. The number of benzene rings is 2. The number of carbonyl (C=O) groups excluding carboxylic acids is 1. The van der Waals surface area contributed by atoms with Gasteiger partial charge in [0, 0.05) is 11.3 Å². The van der Waals surface area contributed by atoms with E-state index in [1.807, 2.05) is 6.07 Å². The lowest BCUT2D eigenvalue weighted by molar-refractivity contribution is -0.112. The molecule has 5 nitrogen and oxygen atoms in total. The number of anilines is 1. The zero-order valence-corrected chi connectivity index (χ0v) is 13.3. The third kappa shape index (κ3) is 4.26. The van der Waals surface area contributed by atoms with Gasteiger partial charge in [0.05, 0.1) is 14.2 Å². The lowest BCUT2D eigenvalue weighted by Crippen LogP contribution is -2.12. The molecule has 0 radical (unpaired) electrons. The Bertz CT molecular complexity index is 720. The topological polar surface area (TPSA) is 67.8 Å². The molecule has 0 bridgehead atoms. The minimum Gasteiger partial charge on any atom is -0.508 e. The van der Waals surface area contributed by atoms with Crippen molar-refractivity contribution in [2.24, 2.45) is 0 Å². The maximum absolute atomic E-state index is 12.2. The van der Waals surface area contributed by atoms with Crippen LogP contribution in [0.2, 0.25) is 0 Å². The average Bonchev–Trinajstić information content (AvgIpc) is 2.56. The van der Waals surface area contributed by atoms with Crippen LogP contribution in [0.4, 0.5) is 5.69 Å². The van der Waals surface area contributed by atoms with Gasteiger partial charge in [-0.2, -0.15) is 0 Å². The van der Waals surface area contributed by atoms with Crippen LogP contribution in [0.15, 0.2) is 48.0 Å². The second-order valence-corrected chi connectivity index (χ2v) is 4.94. The second-order valence-electron chi connectivity index (χ2n) is 4.94. The summed E-state index contributed by atoms with van der Waals surface area (Å²) in [5.41, 5.74) is 2.00. The number of methoxy groups -OCH3 is 2. The highest BCUT2D eigenvalue weighted by Crippen LogP contribution is 2.28. The van der Waals surface area contributed by atoms with Crippen molar-refractivity contribution in [1.82, 2.24) is 0 Å². The first-order valence-corrected chi connectivity index (χ1v) is 7.04. The monoisotopic (exact) mass is 313 g/mol. The van der Waals surface area contributed by atoms with E-state index in [9.17, 15) is 9.90 Å². The van der Waals surface area contributed by atoms with E-state index in [1.54, 1.807) is 51.5 Å². The van der Waals surface area contributed by atoms with E-state index >= 15 is 0 Å². The van der Waals surface area contributed by atoms with Gasteiger partial charge < -0.3 is 19.9 Å². The largest absolute Gasteiger partial charge is 0.508 e. The van der Waals surface area contributed by atoms with Crippen molar-refractivity contribution in [3.8, 4) is 17.2 Å². The number of amides is 1. The van der Waals surface area contributed by atoms with Gasteiger partial charge >= 0.3 is 0 Å². The fraction of sp³-hybridized carbons (Fsp3) is 0.167. The molecule has 5 heteroatoms. The molecular formula is C18H19NO4. The van der Waals surface area contributed by atoms with Gasteiger partial charge in [-0.15, -0.1) is 0 Å². The van der Waals surface area contributed by atoms with Gasteiger partial charge in [0.15, 0.2) is 11.5 Å². The molecule has 0 aliphatic rings. The molecule has 2 aromatic carbocycles. The molecule has 0 fully saturated rings. The third-order valence-corrected chi connectivity index (χ3v) is 3.27. The highest BCUT2D eigenvalue weighted by atomic mass is 16.5. The lowest BCUT2D eigenvalue weighted by atomic mass is 10.1. The average molecular weight is 313 g/mol. The van der Waals surface area contributed by atoms with E-state index in [1.165, 1.54) is 12.1 Å². The van der Waals surface area contributed by atoms with Crippen molar-refractivity contribution >= 4 is 17.7 Å². The number of hydrogen-bond donors (Lipinski definition) is 2. The molecular weight excluding hydrogens is 294 g/mol. The van der Waals surface area contributed by atoms with Crippen molar-refractivity contribution in [1.29, 1.82) is 0 Å². The van der Waals surface area contributed by atoms with E-state index in [0.29, 0.717) is 22.8 Å². The highest BCUT2D eigenvalue weighted by Gasteiger charge is 2.07. The fourth-order valence-corrected chi connectivity index (χ4v) is 2.03. The summed E-state index contributed by atoms with van der Waals surface area (Å²) < 4.78 is 10.4. The Morgan fingerprint density at radius 1 is 1.04 bits per heavy atom. The normalized spacial score (nSPS) is 11.0. The van der Waals surface area contributed by atoms with Gasteiger partial charge in [-0.1, -0.05) is 6.07 Å². The van der Waals surface area contributed by atoms with Gasteiger partial charge in [-0.3, -0.25) is 4.79 Å². The summed E-state index contributed by atoms with van der Waals surface area (Å²) in [6.45, 7) is 1.73. The molecule has 2 N–H and O–H groups in total. The number of aromatic hydroxyl groups is 1. The van der Waals surface area contributed by atoms with Gasteiger partial charge in [0.1, 0.15) is 5.75 Å². The van der Waals surface area contributed by atoms with E-state index in [2.05, 4.69) is 5.32 Å². The predicted octanol–water partition coefficient (Wildman–Crippen LogP) is 3.45. The summed E-state index contributed by atoms with van der Waals surface area (Å²) in [5.74, 6) is 1.18. The second kappa shape index (κ2) is 7.35. The van der Waals surface area contributed by atoms with Crippen molar-refractivity contribution in [3.05, 3.63) is 53.6 Å². The molecule has 23 heavy (non-hydrogen) atoms. The molecule has 120 valence electrons. The molecule has 0 aliphatic carbocycles. The van der Waals surface area contributed by atoms with Crippen LogP contribution in [0.3, 0.4) is 0 Å². The Kier molecular flexibility index (Phi) is 5.25. The first kappa shape index (κ1) is 16.4. The summed E-state index contributed by atoms with van der Waals surface area (Å²) in [6, 6.07) is 11.7. The summed E-state index contributed by atoms with van der Waals surface area (Å²) >= 11 is 0. The summed E-state index contributed by atoms with van der Waals surface area (Å²) in [6.07, 6.45) is 1.76. The molecule has 0 atom stereocenters. The smallest absolute Gasteiger partial charge is 0.251 e. The van der Waals surface area contributed by atoms with Crippen molar-refractivity contribution in [3.63, 3.8) is 0 Å². The van der Waals surface area contributed by atoms with Crippen LogP contribution in [-0.2, 0) is 4.79 Å². The minimum atomic E-state index is -0.217. The summed E-state index contributed by atoms with van der Waals surface area (Å²) in [5, 5.41) is 12.0. The zero-order chi connectivity index (χ0) is 16.8. The van der Waals surface area contributed by atoms with Gasteiger partial charge in [0.25, 0.3) is 5.91 Å². The summed E-state index contributed by atoms with van der Waals surface area (Å²) in [4.78, 5) is 12.2. The van der Waals surface area contributed by atoms with Crippen LogP contribution in [0, 0.1) is 0 Å². The number of ether oxygens (including phenoxy) is 2. The first-order valence-electron chi connectivity index (χ1n) is 7.04. The van der Waals surface area contributed by atoms with E-state index in [0.717, 1.165) is 5.56 Å². The highest BCUT2D eigenvalue weighted by molar-refractivity contribution is 6.06. The summed E-state index contributed by atoms with van der Waals surface area (Å²) in [7, 11) is 3.14. The third-order valence-electron chi connectivity index (χ3n) is 3.27. The number of rotatable bonds is 5. The fourth-order valence-electron chi connectivity index (χ4n) is 2.03. The number of nitrogens with one attached hydrogen (secondary N) is 1. The maximum Gasteiger partial charge on any atom is 0.251 e. The quantitative estimate of drug-likeness (QED) is 0.655. The van der Waals surface area contributed by atoms with Crippen LogP contribution >= 0.6 is 0 Å². The molecule has 1 amide bonds. The number of phenols is 1. The van der Waals surface area contributed by atoms with Gasteiger partial charge in [-0.05, 0) is 55.0 Å². The minimum absolute atomic E-state index is 0.153. The number of phenolic OH excluding ortho intramolecular Hbond substituents is 1. The Labute approximate surface area is 135 Å². The van der Waals surface area contributed by atoms with E-state index < -0.39 is 0 Å². The molecule has 0 heterocycles. The Morgan fingerprint density at radius 3 is 2.30 bits per heavy atom. The van der Waals surface area contributed by atoms with Crippen LogP contribution < -0.4 is 14.8 Å². The first-order chi connectivity index (χ1) is 11.0. The van der Waals surface area contributed by atoms with Crippen LogP contribution in [0.5, 0.6) is 17.2 Å². The molecule has 2 aromatic rings. The van der Waals surface area contributed by atoms with E-state index in [4.69, 9.17) is 9.47 Å². The standard InChI is InChI=1S/C18H19NO4/c1-12(18(21)19-14-5-7-15(20)8-6-14)10-13-4-9-16(22-2)17(11-13)23-3/h4-11,20H,1-3H3,(H,19,21)/b12-10+. The van der Waals surface area contributed by atoms with Crippen LogP contribution in [-0.4, -0.2) is 25.2 Å². The predicted molar refractivity (Wildman–Crippen MR) is 89.9 cm³/mol. The van der Waals surface area contributed by atoms with Crippen molar-refractivity contribution in [2.75, 3.05) is 19.5 Å². The molecule has 0 spiro atoms. The molecule has 2 rings (SSSR count). The van der Waals surface area contributed by atoms with Crippen molar-refractivity contribution < 1.29 is 19.4 Å². The lowest BCUT2D eigenvalue weighted by Gasteiger charge is -2.09. The van der Waals surface area contributed by atoms with Gasteiger partial charge in [0.2, 0.25) is 0 Å². The van der Waals surface area contributed by atoms with Crippen LogP contribution in [0.25, 0.3) is 6.08 Å². The van der Waals surface area contributed by atoms with Crippen molar-refractivity contribution in [2.45, 2.75) is 6.92 Å². The molecule has 0 aromatic heterocycles. The van der Waals surface area contributed by atoms with Crippen LogP contribution in [0.1, 0.15) is 12.5 Å². The molecule has 0 aliphatic heterocycles. The molecule has 0 unspecified atom stereocenters. The Hall–Kier alpha value is -2.95. The van der Waals surface area contributed by atoms with E-state index in [-0.39, 0.29) is 11.7 Å². The zero-order valence-electron chi connectivity index (χ0n) is 13.3. The maximum atomic E-state index is 12.2. The number of carbonyl (C=O) groups is 1. The van der Waals surface area contributed by atoms with Gasteiger partial charge in [-0.25, -0.2) is 0 Å². The Balaban J connectivity index is 2.15.